The third kappa shape index (κ3) is 4.43. The molecule has 0 spiro atoms. The summed E-state index contributed by atoms with van der Waals surface area (Å²) in [6.07, 6.45) is 3.99. The molecule has 3 aromatic rings. The molecule has 0 saturated carbocycles. The number of aromatic amines is 1. The van der Waals surface area contributed by atoms with Crippen LogP contribution in [0.15, 0.2) is 47.3 Å². The predicted molar refractivity (Wildman–Crippen MR) is 114 cm³/mol. The van der Waals surface area contributed by atoms with E-state index in [2.05, 4.69) is 10.3 Å². The zero-order valence-electron chi connectivity index (χ0n) is 16.5. The fraction of sp³-hybridized carbons (Fsp3) is 0.391. The van der Waals surface area contributed by atoms with E-state index in [4.69, 9.17) is 5.11 Å². The van der Waals surface area contributed by atoms with Gasteiger partial charge in [-0.2, -0.15) is 0 Å². The van der Waals surface area contributed by atoms with E-state index < -0.39 is 5.97 Å². The Bertz CT molecular complexity index is 1040. The molecular formula is C23H27N3O3. The van der Waals surface area contributed by atoms with Crippen LogP contribution in [0.25, 0.3) is 22.2 Å². The number of aliphatic carboxylic acids is 1. The first-order chi connectivity index (χ1) is 14.1. The Morgan fingerprint density at radius 1 is 1.10 bits per heavy atom. The Hall–Kier alpha value is -2.86. The van der Waals surface area contributed by atoms with Gasteiger partial charge in [0.25, 0.3) is 0 Å². The van der Waals surface area contributed by atoms with Crippen molar-refractivity contribution < 1.29 is 9.90 Å². The van der Waals surface area contributed by atoms with Crippen LogP contribution in [-0.2, 0) is 17.8 Å². The summed E-state index contributed by atoms with van der Waals surface area (Å²) in [5, 5.41) is 12.3. The molecule has 2 heterocycles. The molecule has 1 fully saturated rings. The predicted octanol–water partition coefficient (Wildman–Crippen LogP) is 3.40. The zero-order valence-corrected chi connectivity index (χ0v) is 16.5. The SMILES string of the molecule is O=C(O)CCc1ccc(-c2cccc3[nH]c(=O)n(CCC4CCNCC4)c23)cc1. The molecule has 4 rings (SSSR count). The van der Waals surface area contributed by atoms with Gasteiger partial charge in [-0.05, 0) is 61.9 Å². The van der Waals surface area contributed by atoms with E-state index >= 15 is 0 Å². The first-order valence-electron chi connectivity index (χ1n) is 10.3. The first-order valence-corrected chi connectivity index (χ1v) is 10.3. The van der Waals surface area contributed by atoms with Crippen LogP contribution < -0.4 is 11.0 Å². The van der Waals surface area contributed by atoms with Crippen LogP contribution >= 0.6 is 0 Å². The molecular weight excluding hydrogens is 366 g/mol. The lowest BCUT2D eigenvalue weighted by Gasteiger charge is -2.22. The minimum absolute atomic E-state index is 0.0561. The molecule has 152 valence electrons. The normalized spacial score (nSPS) is 15.0. The summed E-state index contributed by atoms with van der Waals surface area (Å²) in [5.41, 5.74) is 4.80. The average molecular weight is 393 g/mol. The number of H-pyrrole nitrogens is 1. The highest BCUT2D eigenvalue weighted by molar-refractivity contribution is 5.92. The molecule has 6 nitrogen and oxygen atoms in total. The van der Waals surface area contributed by atoms with Gasteiger partial charge in [0, 0.05) is 18.5 Å². The maximum atomic E-state index is 12.6. The Morgan fingerprint density at radius 2 is 1.86 bits per heavy atom. The van der Waals surface area contributed by atoms with E-state index in [0.717, 1.165) is 53.8 Å². The van der Waals surface area contributed by atoms with E-state index in [1.54, 1.807) is 0 Å². The quantitative estimate of drug-likeness (QED) is 0.574. The minimum atomic E-state index is -0.788. The molecule has 2 aromatic carbocycles. The van der Waals surface area contributed by atoms with Crippen molar-refractivity contribution in [2.75, 3.05) is 13.1 Å². The number of nitrogens with one attached hydrogen (secondary N) is 2. The van der Waals surface area contributed by atoms with Crippen molar-refractivity contribution in [3.8, 4) is 11.1 Å². The van der Waals surface area contributed by atoms with Crippen molar-refractivity contribution in [1.29, 1.82) is 0 Å². The minimum Gasteiger partial charge on any atom is -0.481 e. The monoisotopic (exact) mass is 393 g/mol. The van der Waals surface area contributed by atoms with E-state index in [-0.39, 0.29) is 12.1 Å². The smallest absolute Gasteiger partial charge is 0.326 e. The van der Waals surface area contributed by atoms with Gasteiger partial charge >= 0.3 is 11.7 Å². The number of carbonyl (C=O) groups is 1. The standard InChI is InChI=1S/C23H27N3O3/c27-21(28)9-6-16-4-7-18(8-5-16)19-2-1-3-20-22(19)26(23(29)25-20)15-12-17-10-13-24-14-11-17/h1-5,7-8,17,24H,6,9-15H2,(H,25,29)(H,27,28). The molecule has 1 aliphatic heterocycles. The zero-order chi connectivity index (χ0) is 20.2. The highest BCUT2D eigenvalue weighted by Crippen LogP contribution is 2.28. The van der Waals surface area contributed by atoms with Gasteiger partial charge in [0.1, 0.15) is 0 Å². The largest absolute Gasteiger partial charge is 0.481 e. The second-order valence-electron chi connectivity index (χ2n) is 7.86. The topological polar surface area (TPSA) is 87.1 Å². The van der Waals surface area contributed by atoms with Crippen LogP contribution in [0.3, 0.4) is 0 Å². The number of aromatic nitrogens is 2. The summed E-state index contributed by atoms with van der Waals surface area (Å²) < 4.78 is 1.88. The summed E-state index contributed by atoms with van der Waals surface area (Å²) in [7, 11) is 0. The highest BCUT2D eigenvalue weighted by atomic mass is 16.4. The number of benzene rings is 2. The number of carboxylic acids is 1. The van der Waals surface area contributed by atoms with Gasteiger partial charge in [0.05, 0.1) is 11.0 Å². The number of rotatable bonds is 7. The van der Waals surface area contributed by atoms with Gasteiger partial charge < -0.3 is 15.4 Å². The van der Waals surface area contributed by atoms with Crippen molar-refractivity contribution >= 4 is 17.0 Å². The maximum Gasteiger partial charge on any atom is 0.326 e. The number of fused-ring (bicyclic) bond motifs is 1. The van der Waals surface area contributed by atoms with Crippen LogP contribution in [0.2, 0.25) is 0 Å². The number of para-hydroxylation sites is 1. The Kier molecular flexibility index (Phi) is 5.81. The van der Waals surface area contributed by atoms with E-state index in [9.17, 15) is 9.59 Å². The fourth-order valence-electron chi connectivity index (χ4n) is 4.25. The van der Waals surface area contributed by atoms with Gasteiger partial charge in [-0.25, -0.2) is 4.79 Å². The highest BCUT2D eigenvalue weighted by Gasteiger charge is 2.16. The van der Waals surface area contributed by atoms with Gasteiger partial charge in [-0.15, -0.1) is 0 Å². The molecule has 0 bridgehead atoms. The second kappa shape index (κ2) is 8.66. The van der Waals surface area contributed by atoms with Crippen LogP contribution in [0.5, 0.6) is 0 Å². The third-order valence-electron chi connectivity index (χ3n) is 5.90. The number of hydrogen-bond acceptors (Lipinski definition) is 3. The molecule has 6 heteroatoms. The molecule has 1 saturated heterocycles. The second-order valence-corrected chi connectivity index (χ2v) is 7.86. The summed E-state index contributed by atoms with van der Waals surface area (Å²) >= 11 is 0. The van der Waals surface area contributed by atoms with Crippen molar-refractivity contribution in [2.45, 2.75) is 38.6 Å². The average Bonchev–Trinajstić information content (AvgIpc) is 3.07. The lowest BCUT2D eigenvalue weighted by Crippen LogP contribution is -2.29. The van der Waals surface area contributed by atoms with Gasteiger partial charge in [0.15, 0.2) is 0 Å². The molecule has 1 aromatic heterocycles. The third-order valence-corrected chi connectivity index (χ3v) is 5.90. The van der Waals surface area contributed by atoms with Gasteiger partial charge in [-0.1, -0.05) is 36.4 Å². The van der Waals surface area contributed by atoms with Crippen molar-refractivity contribution in [3.63, 3.8) is 0 Å². The van der Waals surface area contributed by atoms with Crippen LogP contribution in [-0.4, -0.2) is 33.7 Å². The van der Waals surface area contributed by atoms with Crippen molar-refractivity contribution in [1.82, 2.24) is 14.9 Å². The first kappa shape index (κ1) is 19.5. The number of piperidine rings is 1. The summed E-state index contributed by atoms with van der Waals surface area (Å²) in [6, 6.07) is 13.9. The lowest BCUT2D eigenvalue weighted by molar-refractivity contribution is -0.136. The summed E-state index contributed by atoms with van der Waals surface area (Å²) in [4.78, 5) is 26.4. The van der Waals surface area contributed by atoms with Crippen LogP contribution in [0.1, 0.15) is 31.2 Å². The number of aryl methyl sites for hydroxylation is 2. The molecule has 0 atom stereocenters. The number of nitrogens with zero attached hydrogens (tertiary/aromatic N) is 1. The van der Waals surface area contributed by atoms with E-state index in [0.29, 0.717) is 12.3 Å². The van der Waals surface area contributed by atoms with Crippen molar-refractivity contribution in [2.24, 2.45) is 5.92 Å². The summed E-state index contributed by atoms with van der Waals surface area (Å²) in [5.74, 6) is -0.127. The summed E-state index contributed by atoms with van der Waals surface area (Å²) in [6.45, 7) is 2.84. The Balaban J connectivity index is 1.62. The molecule has 0 amide bonds. The molecule has 0 aliphatic carbocycles. The van der Waals surface area contributed by atoms with Crippen LogP contribution in [0.4, 0.5) is 0 Å². The number of hydrogen-bond donors (Lipinski definition) is 3. The van der Waals surface area contributed by atoms with E-state index in [1.807, 2.05) is 47.0 Å². The van der Waals surface area contributed by atoms with Gasteiger partial charge in [0.2, 0.25) is 0 Å². The Morgan fingerprint density at radius 3 is 2.59 bits per heavy atom. The Labute approximate surface area is 169 Å². The van der Waals surface area contributed by atoms with E-state index in [1.165, 1.54) is 12.8 Å². The lowest BCUT2D eigenvalue weighted by atomic mass is 9.94. The fourth-order valence-corrected chi connectivity index (χ4v) is 4.25. The molecule has 0 radical (unpaired) electrons. The molecule has 0 unspecified atom stereocenters. The van der Waals surface area contributed by atoms with Crippen LogP contribution in [0, 0.1) is 5.92 Å². The number of carboxylic acid groups (broad SMARTS) is 1. The van der Waals surface area contributed by atoms with Gasteiger partial charge in [-0.3, -0.25) is 9.36 Å². The maximum absolute atomic E-state index is 12.6. The molecule has 1 aliphatic rings. The number of imidazole rings is 1. The molecule has 3 N–H and O–H groups in total. The molecule has 29 heavy (non-hydrogen) atoms. The van der Waals surface area contributed by atoms with Crippen molar-refractivity contribution in [3.05, 3.63) is 58.5 Å².